The monoisotopic (exact) mass is 344 g/mol. The molecule has 0 aliphatic carbocycles. The highest BCUT2D eigenvalue weighted by atomic mass is 16.5. The van der Waals surface area contributed by atoms with Gasteiger partial charge in [0, 0.05) is 12.7 Å². The lowest BCUT2D eigenvalue weighted by atomic mass is 10.2. The summed E-state index contributed by atoms with van der Waals surface area (Å²) in [7, 11) is 1.49. The number of esters is 1. The first-order valence-corrected chi connectivity index (χ1v) is 8.14. The zero-order valence-electron chi connectivity index (χ0n) is 15.7. The molecule has 0 radical (unpaired) electrons. The molecule has 0 rings (SSSR count). The van der Waals surface area contributed by atoms with E-state index in [-0.39, 0.29) is 18.4 Å². The van der Waals surface area contributed by atoms with Gasteiger partial charge in [0.15, 0.2) is 5.78 Å². The highest BCUT2D eigenvalue weighted by Gasteiger charge is 2.01. The Morgan fingerprint density at radius 3 is 2.00 bits per heavy atom. The lowest BCUT2D eigenvalue weighted by Crippen LogP contribution is -2.04. The number of methoxy groups -OCH3 is 1. The predicted molar refractivity (Wildman–Crippen MR) is 102 cm³/mol. The normalized spacial score (nSPS) is 14.0. The zero-order valence-corrected chi connectivity index (χ0v) is 15.7. The van der Waals surface area contributed by atoms with E-state index in [1.165, 1.54) is 13.2 Å². The molecule has 0 fully saturated rings. The van der Waals surface area contributed by atoms with E-state index in [4.69, 9.17) is 9.47 Å². The van der Waals surface area contributed by atoms with Crippen molar-refractivity contribution >= 4 is 11.8 Å². The van der Waals surface area contributed by atoms with Crippen LogP contribution in [-0.4, -0.2) is 32.1 Å². The highest BCUT2D eigenvalue weighted by Crippen LogP contribution is 2.01. The maximum absolute atomic E-state index is 11.4. The molecule has 0 unspecified atom stereocenters. The van der Waals surface area contributed by atoms with E-state index >= 15 is 0 Å². The van der Waals surface area contributed by atoms with Crippen molar-refractivity contribution in [2.24, 2.45) is 0 Å². The fourth-order valence-electron chi connectivity index (χ4n) is 1.60. The molecule has 0 aromatic heterocycles. The molecule has 136 valence electrons. The first-order valence-electron chi connectivity index (χ1n) is 8.14. The maximum Gasteiger partial charge on any atom is 0.333 e. The van der Waals surface area contributed by atoms with E-state index in [0.717, 1.165) is 11.1 Å². The van der Waals surface area contributed by atoms with Gasteiger partial charge >= 0.3 is 5.97 Å². The van der Waals surface area contributed by atoms with Crippen molar-refractivity contribution < 1.29 is 19.1 Å². The van der Waals surface area contributed by atoms with E-state index in [2.05, 4.69) is 0 Å². The molecule has 0 amide bonds. The minimum Gasteiger partial charge on any atom is -0.463 e. The van der Waals surface area contributed by atoms with Crippen molar-refractivity contribution in [2.45, 2.75) is 27.7 Å². The summed E-state index contributed by atoms with van der Waals surface area (Å²) >= 11 is 0. The molecule has 4 nitrogen and oxygen atoms in total. The molecule has 0 heterocycles. The summed E-state index contributed by atoms with van der Waals surface area (Å²) < 4.78 is 9.66. The third-order valence-corrected chi connectivity index (χ3v) is 2.95. The van der Waals surface area contributed by atoms with Gasteiger partial charge < -0.3 is 9.47 Å². The number of allylic oxidation sites excluding steroid dienone is 10. The largest absolute Gasteiger partial charge is 0.463 e. The van der Waals surface area contributed by atoms with Crippen LogP contribution in [0.2, 0.25) is 0 Å². The van der Waals surface area contributed by atoms with Crippen molar-refractivity contribution in [3.63, 3.8) is 0 Å². The second kappa shape index (κ2) is 13.9. The number of carbonyl (C=O) groups is 2. The lowest BCUT2D eigenvalue weighted by Gasteiger charge is -1.99. The topological polar surface area (TPSA) is 52.6 Å². The number of hydrogen-bond acceptors (Lipinski definition) is 4. The Morgan fingerprint density at radius 2 is 1.44 bits per heavy atom. The molecule has 4 heteroatoms. The molecule has 0 aliphatic rings. The van der Waals surface area contributed by atoms with E-state index in [9.17, 15) is 9.59 Å². The summed E-state index contributed by atoms with van der Waals surface area (Å²) in [5, 5.41) is 0. The Kier molecular flexibility index (Phi) is 12.6. The summed E-state index contributed by atoms with van der Waals surface area (Å²) in [6.45, 7) is 7.86. The minimum absolute atomic E-state index is 0.0636. The van der Waals surface area contributed by atoms with Crippen LogP contribution in [0.1, 0.15) is 27.7 Å². The molecule has 0 atom stereocenters. The van der Waals surface area contributed by atoms with Gasteiger partial charge in [-0.1, -0.05) is 59.8 Å². The number of rotatable bonds is 10. The van der Waals surface area contributed by atoms with Gasteiger partial charge in [0.25, 0.3) is 0 Å². The third-order valence-electron chi connectivity index (χ3n) is 2.95. The van der Waals surface area contributed by atoms with Crippen LogP contribution in [0.15, 0.2) is 71.4 Å². The maximum atomic E-state index is 11.4. The van der Waals surface area contributed by atoms with E-state index in [0.29, 0.717) is 12.2 Å². The van der Waals surface area contributed by atoms with Crippen LogP contribution in [0.4, 0.5) is 0 Å². The SMILES string of the molecule is CCOC(=O)C(C)=CC=CC(C)=CC=CC=C(C)C=CC(=O)COC. The van der Waals surface area contributed by atoms with Gasteiger partial charge in [-0.25, -0.2) is 4.79 Å². The van der Waals surface area contributed by atoms with Gasteiger partial charge in [-0.15, -0.1) is 0 Å². The fourth-order valence-corrected chi connectivity index (χ4v) is 1.60. The molecule has 0 saturated heterocycles. The molecule has 0 aliphatic heterocycles. The summed E-state index contributed by atoms with van der Waals surface area (Å²) in [5.41, 5.74) is 2.58. The third kappa shape index (κ3) is 12.6. The van der Waals surface area contributed by atoms with Crippen LogP contribution in [0.3, 0.4) is 0 Å². The Morgan fingerprint density at radius 1 is 0.840 bits per heavy atom. The molecule has 0 N–H and O–H groups in total. The van der Waals surface area contributed by atoms with Crippen LogP contribution >= 0.6 is 0 Å². The predicted octanol–water partition coefficient (Wildman–Crippen LogP) is 4.27. The van der Waals surface area contributed by atoms with Crippen molar-refractivity contribution in [2.75, 3.05) is 20.3 Å². The Bertz CT molecular complexity index is 614. The number of carbonyl (C=O) groups excluding carboxylic acids is 2. The number of ketones is 1. The Labute approximate surface area is 150 Å². The summed E-state index contributed by atoms with van der Waals surface area (Å²) in [6.07, 6.45) is 16.4. The van der Waals surface area contributed by atoms with Gasteiger partial charge in [-0.2, -0.15) is 0 Å². The Hall–Kier alpha value is -2.46. The second-order valence-electron chi connectivity index (χ2n) is 5.37. The van der Waals surface area contributed by atoms with E-state index in [1.54, 1.807) is 26.0 Å². The minimum atomic E-state index is -0.300. The van der Waals surface area contributed by atoms with Gasteiger partial charge in [-0.05, 0) is 33.8 Å². The van der Waals surface area contributed by atoms with Gasteiger partial charge in [-0.3, -0.25) is 4.79 Å². The lowest BCUT2D eigenvalue weighted by molar-refractivity contribution is -0.138. The van der Waals surface area contributed by atoms with Crippen LogP contribution in [0.25, 0.3) is 0 Å². The van der Waals surface area contributed by atoms with Crippen LogP contribution in [-0.2, 0) is 19.1 Å². The first kappa shape index (κ1) is 22.5. The molecular formula is C21H28O4. The van der Waals surface area contributed by atoms with Crippen molar-refractivity contribution in [1.82, 2.24) is 0 Å². The molecule has 25 heavy (non-hydrogen) atoms. The van der Waals surface area contributed by atoms with Crippen molar-refractivity contribution in [3.8, 4) is 0 Å². The summed E-state index contributed by atoms with van der Waals surface area (Å²) in [5.74, 6) is -0.363. The first-order chi connectivity index (χ1) is 11.9. The van der Waals surface area contributed by atoms with Crippen LogP contribution < -0.4 is 0 Å². The smallest absolute Gasteiger partial charge is 0.333 e. The number of hydrogen-bond donors (Lipinski definition) is 0. The second-order valence-corrected chi connectivity index (χ2v) is 5.37. The molecule has 0 spiro atoms. The quantitative estimate of drug-likeness (QED) is 0.337. The average molecular weight is 344 g/mol. The van der Waals surface area contributed by atoms with Gasteiger partial charge in [0.2, 0.25) is 0 Å². The fraction of sp³-hybridized carbons (Fsp3) is 0.333. The van der Waals surface area contributed by atoms with E-state index < -0.39 is 0 Å². The molecular weight excluding hydrogens is 316 g/mol. The van der Waals surface area contributed by atoms with Crippen molar-refractivity contribution in [3.05, 3.63) is 71.4 Å². The van der Waals surface area contributed by atoms with Crippen LogP contribution in [0.5, 0.6) is 0 Å². The van der Waals surface area contributed by atoms with E-state index in [1.807, 2.05) is 50.3 Å². The standard InChI is InChI=1S/C21H28O4/c1-6-25-21(23)19(4)13-9-12-17(2)10-7-8-11-18(3)14-15-20(22)16-24-5/h7-15H,6,16H2,1-5H3. The van der Waals surface area contributed by atoms with Gasteiger partial charge in [0.1, 0.15) is 6.61 Å². The Balaban J connectivity index is 4.56. The zero-order chi connectivity index (χ0) is 19.1. The molecule has 0 bridgehead atoms. The number of ether oxygens (including phenoxy) is 2. The van der Waals surface area contributed by atoms with Gasteiger partial charge in [0.05, 0.1) is 6.61 Å². The highest BCUT2D eigenvalue weighted by molar-refractivity contribution is 5.91. The van der Waals surface area contributed by atoms with Crippen molar-refractivity contribution in [1.29, 1.82) is 0 Å². The average Bonchev–Trinajstić information content (AvgIpc) is 2.57. The summed E-state index contributed by atoms with van der Waals surface area (Å²) in [6, 6.07) is 0. The molecule has 0 saturated carbocycles. The molecule has 0 aromatic rings. The summed E-state index contributed by atoms with van der Waals surface area (Å²) in [4.78, 5) is 22.7. The molecule has 0 aromatic carbocycles. The van der Waals surface area contributed by atoms with Crippen LogP contribution in [0, 0.1) is 0 Å².